The summed E-state index contributed by atoms with van der Waals surface area (Å²) in [6.07, 6.45) is 0. The van der Waals surface area contributed by atoms with Gasteiger partial charge < -0.3 is 13.6 Å². The number of nitrogens with one attached hydrogen (secondary N) is 1. The van der Waals surface area contributed by atoms with Gasteiger partial charge in [0.25, 0.3) is 5.91 Å². The molecule has 0 saturated carbocycles. The van der Waals surface area contributed by atoms with Crippen molar-refractivity contribution < 1.29 is 23.2 Å². The molecular formula is C17H15N3O5. The zero-order valence-corrected chi connectivity index (χ0v) is 13.6. The molecule has 128 valence electrons. The number of hydrogen-bond donors (Lipinski definition) is 1. The molecule has 2 heterocycles. The van der Waals surface area contributed by atoms with Gasteiger partial charge in [-0.05, 0) is 32.0 Å². The normalized spacial score (nSPS) is 10.5. The minimum Gasteiger partial charge on any atom is -0.466 e. The van der Waals surface area contributed by atoms with Crippen molar-refractivity contribution in [1.82, 2.24) is 10.2 Å². The predicted molar refractivity (Wildman–Crippen MR) is 86.8 cm³/mol. The highest BCUT2D eigenvalue weighted by Crippen LogP contribution is 2.19. The van der Waals surface area contributed by atoms with Gasteiger partial charge in [-0.2, -0.15) is 0 Å². The number of anilines is 1. The van der Waals surface area contributed by atoms with Crippen molar-refractivity contribution in [3.8, 4) is 11.5 Å². The van der Waals surface area contributed by atoms with Crippen molar-refractivity contribution in [2.24, 2.45) is 0 Å². The summed E-state index contributed by atoms with van der Waals surface area (Å²) in [4.78, 5) is 23.8. The minimum atomic E-state index is -0.639. The van der Waals surface area contributed by atoms with E-state index in [0.717, 1.165) is 5.56 Å². The quantitative estimate of drug-likeness (QED) is 0.711. The molecular weight excluding hydrogens is 326 g/mol. The third-order valence-corrected chi connectivity index (χ3v) is 3.29. The van der Waals surface area contributed by atoms with Gasteiger partial charge in [0.15, 0.2) is 6.61 Å². The number of rotatable bonds is 5. The van der Waals surface area contributed by atoms with E-state index in [1.165, 1.54) is 0 Å². The molecule has 0 aliphatic rings. The number of carbonyl (C=O) groups is 2. The van der Waals surface area contributed by atoms with Crippen LogP contribution in [-0.2, 0) is 9.53 Å². The highest BCUT2D eigenvalue weighted by Gasteiger charge is 2.17. The van der Waals surface area contributed by atoms with Gasteiger partial charge in [-0.25, -0.2) is 4.79 Å². The number of nitrogens with zero attached hydrogens (tertiary/aromatic N) is 2. The van der Waals surface area contributed by atoms with Crippen LogP contribution in [0, 0.1) is 13.8 Å². The van der Waals surface area contributed by atoms with Gasteiger partial charge in [0.1, 0.15) is 17.1 Å². The molecule has 1 N–H and O–H groups in total. The Morgan fingerprint density at radius 3 is 2.56 bits per heavy atom. The van der Waals surface area contributed by atoms with Crippen LogP contribution in [-0.4, -0.2) is 28.7 Å². The van der Waals surface area contributed by atoms with E-state index < -0.39 is 18.5 Å². The third-order valence-electron chi connectivity index (χ3n) is 3.29. The smallest absolute Gasteiger partial charge is 0.342 e. The second-order valence-electron chi connectivity index (χ2n) is 5.23. The number of carbonyl (C=O) groups excluding carboxylic acids is 2. The number of benzene rings is 1. The Hall–Kier alpha value is -3.42. The van der Waals surface area contributed by atoms with Crippen LogP contribution in [0.25, 0.3) is 11.5 Å². The Kier molecular flexibility index (Phi) is 4.60. The highest BCUT2D eigenvalue weighted by molar-refractivity contribution is 5.95. The van der Waals surface area contributed by atoms with Crippen LogP contribution in [0.15, 0.2) is 45.2 Å². The number of aryl methyl sites for hydroxylation is 2. The molecule has 0 aliphatic heterocycles. The number of furan rings is 1. The first-order valence-corrected chi connectivity index (χ1v) is 7.46. The van der Waals surface area contributed by atoms with Crippen LogP contribution in [0.2, 0.25) is 0 Å². The van der Waals surface area contributed by atoms with Crippen LogP contribution in [0.4, 0.5) is 6.01 Å². The first-order chi connectivity index (χ1) is 12.0. The number of hydrogen-bond acceptors (Lipinski definition) is 7. The second-order valence-corrected chi connectivity index (χ2v) is 5.23. The van der Waals surface area contributed by atoms with E-state index in [1.54, 1.807) is 32.0 Å². The summed E-state index contributed by atoms with van der Waals surface area (Å²) < 4.78 is 15.5. The van der Waals surface area contributed by atoms with Gasteiger partial charge in [-0.15, -0.1) is 5.10 Å². The van der Waals surface area contributed by atoms with Crippen molar-refractivity contribution in [3.05, 3.63) is 53.5 Å². The lowest BCUT2D eigenvalue weighted by atomic mass is 10.2. The molecule has 0 fully saturated rings. The minimum absolute atomic E-state index is 0.0739. The van der Waals surface area contributed by atoms with E-state index in [1.807, 2.05) is 18.2 Å². The fourth-order valence-corrected chi connectivity index (χ4v) is 2.17. The lowest BCUT2D eigenvalue weighted by molar-refractivity contribution is -0.119. The number of ether oxygens (including phenoxy) is 1. The largest absolute Gasteiger partial charge is 0.466 e. The maximum Gasteiger partial charge on any atom is 0.342 e. The molecule has 1 amide bonds. The molecule has 2 aromatic heterocycles. The topological polar surface area (TPSA) is 107 Å². The first kappa shape index (κ1) is 16.4. The zero-order valence-electron chi connectivity index (χ0n) is 13.6. The summed E-state index contributed by atoms with van der Waals surface area (Å²) in [5, 5.41) is 9.96. The number of aromatic nitrogens is 2. The van der Waals surface area contributed by atoms with E-state index >= 15 is 0 Å². The maximum absolute atomic E-state index is 11.9. The van der Waals surface area contributed by atoms with Gasteiger partial charge in [0.2, 0.25) is 5.89 Å². The first-order valence-electron chi connectivity index (χ1n) is 7.46. The standard InChI is InChI=1S/C17H15N3O5/c1-10-8-13(11(2)24-10)16(22)23-9-14(21)18-17-20-19-15(25-17)12-6-4-3-5-7-12/h3-8H,9H2,1-2H3,(H,18,20,21). The molecule has 0 atom stereocenters. The average Bonchev–Trinajstić information content (AvgIpc) is 3.19. The predicted octanol–water partition coefficient (Wildman–Crippen LogP) is 2.74. The van der Waals surface area contributed by atoms with Gasteiger partial charge in [-0.1, -0.05) is 23.3 Å². The fourth-order valence-electron chi connectivity index (χ4n) is 2.17. The van der Waals surface area contributed by atoms with E-state index in [4.69, 9.17) is 13.6 Å². The summed E-state index contributed by atoms with van der Waals surface area (Å²) >= 11 is 0. The zero-order chi connectivity index (χ0) is 17.8. The Morgan fingerprint density at radius 2 is 1.88 bits per heavy atom. The molecule has 0 saturated heterocycles. The second kappa shape index (κ2) is 7.00. The summed E-state index contributed by atoms with van der Waals surface area (Å²) in [7, 11) is 0. The summed E-state index contributed by atoms with van der Waals surface area (Å²) in [6.45, 7) is 2.88. The lowest BCUT2D eigenvalue weighted by Gasteiger charge is -2.03. The molecule has 0 aliphatic carbocycles. The monoisotopic (exact) mass is 341 g/mol. The van der Waals surface area contributed by atoms with Crippen LogP contribution >= 0.6 is 0 Å². The average molecular weight is 341 g/mol. The van der Waals surface area contributed by atoms with Gasteiger partial charge in [0.05, 0.1) is 0 Å². The lowest BCUT2D eigenvalue weighted by Crippen LogP contribution is -2.21. The molecule has 25 heavy (non-hydrogen) atoms. The molecule has 0 unspecified atom stereocenters. The van der Waals surface area contributed by atoms with E-state index in [2.05, 4.69) is 15.5 Å². The van der Waals surface area contributed by atoms with Gasteiger partial charge in [-0.3, -0.25) is 10.1 Å². The van der Waals surface area contributed by atoms with Crippen LogP contribution < -0.4 is 5.32 Å². The molecule has 1 aromatic carbocycles. The van der Waals surface area contributed by atoms with E-state index in [-0.39, 0.29) is 17.5 Å². The Morgan fingerprint density at radius 1 is 1.12 bits per heavy atom. The van der Waals surface area contributed by atoms with Crippen molar-refractivity contribution in [3.63, 3.8) is 0 Å². The molecule has 8 heteroatoms. The molecule has 3 aromatic rings. The molecule has 0 radical (unpaired) electrons. The SMILES string of the molecule is Cc1cc(C(=O)OCC(=O)Nc2nnc(-c3ccccc3)o2)c(C)o1. The molecule has 3 rings (SSSR count). The summed E-state index contributed by atoms with van der Waals surface area (Å²) in [6, 6.07) is 10.6. The Labute approximate surface area is 142 Å². The molecule has 0 spiro atoms. The number of amides is 1. The van der Waals surface area contributed by atoms with Gasteiger partial charge in [0, 0.05) is 5.56 Å². The Balaban J connectivity index is 1.55. The van der Waals surface area contributed by atoms with E-state index in [0.29, 0.717) is 11.5 Å². The summed E-state index contributed by atoms with van der Waals surface area (Å²) in [5.41, 5.74) is 1.02. The Bertz CT molecular complexity index is 898. The van der Waals surface area contributed by atoms with Crippen molar-refractivity contribution in [1.29, 1.82) is 0 Å². The van der Waals surface area contributed by atoms with Crippen molar-refractivity contribution in [2.45, 2.75) is 13.8 Å². The van der Waals surface area contributed by atoms with E-state index in [9.17, 15) is 9.59 Å². The third kappa shape index (κ3) is 3.92. The van der Waals surface area contributed by atoms with Gasteiger partial charge >= 0.3 is 12.0 Å². The van der Waals surface area contributed by atoms with Crippen molar-refractivity contribution in [2.75, 3.05) is 11.9 Å². The molecule has 0 bridgehead atoms. The van der Waals surface area contributed by atoms with Crippen LogP contribution in [0.1, 0.15) is 21.9 Å². The fraction of sp³-hybridized carbons (Fsp3) is 0.176. The van der Waals surface area contributed by atoms with Crippen LogP contribution in [0.3, 0.4) is 0 Å². The molecule has 8 nitrogen and oxygen atoms in total. The summed E-state index contributed by atoms with van der Waals surface area (Å²) in [5.74, 6) is 0.0763. The number of esters is 1. The highest BCUT2D eigenvalue weighted by atomic mass is 16.5. The van der Waals surface area contributed by atoms with Crippen molar-refractivity contribution >= 4 is 17.9 Å². The maximum atomic E-state index is 11.9. The van der Waals surface area contributed by atoms with Crippen LogP contribution in [0.5, 0.6) is 0 Å².